The van der Waals surface area contributed by atoms with Crippen molar-refractivity contribution in [2.45, 2.75) is 33.7 Å². The number of halogens is 1. The van der Waals surface area contributed by atoms with E-state index in [0.717, 1.165) is 5.69 Å². The lowest BCUT2D eigenvalue weighted by Gasteiger charge is -2.27. The number of aromatic amines is 1. The monoisotopic (exact) mass is 412 g/mol. The minimum Gasteiger partial charge on any atom is -0.388 e. The third-order valence-corrected chi connectivity index (χ3v) is 5.28. The van der Waals surface area contributed by atoms with E-state index in [4.69, 9.17) is 17.0 Å². The second kappa shape index (κ2) is 7.83. The topological polar surface area (TPSA) is 107 Å². The molecule has 0 spiro atoms. The standard InChI is InChI=1S/C21H25ClN6O/c1-11(21(2,3)4)27-20(29)14-9-25-19-18(14)28-16(10-26-19)17(23)13-8-12(22)6-7-15(13)24-5/h6-11,23-24H,1-5H3,(H,25,26)(H,27,29)/t11-/m0/s1. The van der Waals surface area contributed by atoms with Crippen LogP contribution in [0.15, 0.2) is 30.6 Å². The summed E-state index contributed by atoms with van der Waals surface area (Å²) in [7, 11) is 1.78. The average Bonchev–Trinajstić information content (AvgIpc) is 3.09. The third-order valence-electron chi connectivity index (χ3n) is 5.05. The predicted molar refractivity (Wildman–Crippen MR) is 117 cm³/mol. The highest BCUT2D eigenvalue weighted by Crippen LogP contribution is 2.24. The molecule has 3 aromatic rings. The van der Waals surface area contributed by atoms with Gasteiger partial charge in [0.25, 0.3) is 5.91 Å². The molecule has 152 valence electrons. The Balaban J connectivity index is 1.99. The Morgan fingerprint density at radius 3 is 2.66 bits per heavy atom. The van der Waals surface area contributed by atoms with Crippen LogP contribution in [0.4, 0.5) is 5.69 Å². The van der Waals surface area contributed by atoms with Crippen LogP contribution >= 0.6 is 11.6 Å². The Hall–Kier alpha value is -2.93. The van der Waals surface area contributed by atoms with Gasteiger partial charge < -0.3 is 15.6 Å². The van der Waals surface area contributed by atoms with Crippen molar-refractivity contribution in [1.29, 1.82) is 5.41 Å². The van der Waals surface area contributed by atoms with Crippen molar-refractivity contribution in [3.63, 3.8) is 0 Å². The molecule has 29 heavy (non-hydrogen) atoms. The van der Waals surface area contributed by atoms with E-state index in [9.17, 15) is 4.79 Å². The van der Waals surface area contributed by atoms with Gasteiger partial charge in [0.1, 0.15) is 11.2 Å². The van der Waals surface area contributed by atoms with Gasteiger partial charge in [-0.1, -0.05) is 32.4 Å². The molecule has 7 nitrogen and oxygen atoms in total. The summed E-state index contributed by atoms with van der Waals surface area (Å²) >= 11 is 6.12. The summed E-state index contributed by atoms with van der Waals surface area (Å²) in [5, 5.41) is 15.2. The fourth-order valence-electron chi connectivity index (χ4n) is 2.76. The summed E-state index contributed by atoms with van der Waals surface area (Å²) < 4.78 is 0. The zero-order valence-corrected chi connectivity index (χ0v) is 17.9. The fourth-order valence-corrected chi connectivity index (χ4v) is 2.93. The van der Waals surface area contributed by atoms with Gasteiger partial charge >= 0.3 is 0 Å². The number of anilines is 1. The summed E-state index contributed by atoms with van der Waals surface area (Å²) in [5.41, 5.74) is 3.14. The van der Waals surface area contributed by atoms with E-state index in [1.807, 2.05) is 6.92 Å². The van der Waals surface area contributed by atoms with Crippen LogP contribution in [-0.2, 0) is 0 Å². The first kappa shape index (κ1) is 20.8. The normalized spacial score (nSPS) is 12.6. The largest absolute Gasteiger partial charge is 0.388 e. The number of amides is 1. The van der Waals surface area contributed by atoms with Crippen molar-refractivity contribution in [2.24, 2.45) is 5.41 Å². The van der Waals surface area contributed by atoms with Gasteiger partial charge in [-0.2, -0.15) is 0 Å². The first-order valence-corrected chi connectivity index (χ1v) is 9.71. The maximum absolute atomic E-state index is 12.8. The highest BCUT2D eigenvalue weighted by Gasteiger charge is 2.24. The number of nitrogens with one attached hydrogen (secondary N) is 4. The second-order valence-electron chi connectivity index (χ2n) is 8.03. The lowest BCUT2D eigenvalue weighted by Crippen LogP contribution is -2.41. The van der Waals surface area contributed by atoms with Crippen molar-refractivity contribution >= 4 is 40.1 Å². The van der Waals surface area contributed by atoms with Crippen LogP contribution in [-0.4, -0.2) is 39.7 Å². The maximum atomic E-state index is 12.8. The summed E-state index contributed by atoms with van der Waals surface area (Å²) in [5.74, 6) is -0.227. The summed E-state index contributed by atoms with van der Waals surface area (Å²) in [6.45, 7) is 8.17. The minimum atomic E-state index is -0.227. The van der Waals surface area contributed by atoms with E-state index >= 15 is 0 Å². The highest BCUT2D eigenvalue weighted by molar-refractivity contribution is 6.31. The van der Waals surface area contributed by atoms with Crippen LogP contribution in [0.25, 0.3) is 11.2 Å². The molecule has 0 aliphatic carbocycles. The molecule has 0 fully saturated rings. The van der Waals surface area contributed by atoms with E-state index in [1.54, 1.807) is 31.4 Å². The Kier molecular flexibility index (Phi) is 5.61. The number of H-pyrrole nitrogens is 1. The van der Waals surface area contributed by atoms with Gasteiger partial charge in [-0.25, -0.2) is 9.97 Å². The van der Waals surface area contributed by atoms with Crippen molar-refractivity contribution in [1.82, 2.24) is 20.3 Å². The van der Waals surface area contributed by atoms with Gasteiger partial charge in [0.05, 0.1) is 17.5 Å². The van der Waals surface area contributed by atoms with Gasteiger partial charge in [-0.05, 0) is 30.5 Å². The molecule has 0 unspecified atom stereocenters. The summed E-state index contributed by atoms with van der Waals surface area (Å²) in [6, 6.07) is 5.24. The Bertz CT molecular complexity index is 1080. The number of fused-ring (bicyclic) bond motifs is 1. The number of hydrogen-bond acceptors (Lipinski definition) is 5. The number of benzene rings is 1. The van der Waals surface area contributed by atoms with Crippen molar-refractivity contribution in [2.75, 3.05) is 12.4 Å². The van der Waals surface area contributed by atoms with E-state index in [-0.39, 0.29) is 23.1 Å². The van der Waals surface area contributed by atoms with E-state index in [2.05, 4.69) is 46.4 Å². The van der Waals surface area contributed by atoms with Gasteiger partial charge in [0, 0.05) is 35.6 Å². The van der Waals surface area contributed by atoms with Crippen LogP contribution in [0.3, 0.4) is 0 Å². The molecule has 1 atom stereocenters. The molecule has 3 rings (SSSR count). The van der Waals surface area contributed by atoms with Crippen LogP contribution in [0.2, 0.25) is 5.02 Å². The van der Waals surface area contributed by atoms with Gasteiger partial charge in [0.15, 0.2) is 5.65 Å². The Morgan fingerprint density at radius 1 is 1.28 bits per heavy atom. The predicted octanol–water partition coefficient (Wildman–Crippen LogP) is 4.23. The molecule has 1 amide bonds. The fraction of sp³-hybridized carbons (Fsp3) is 0.333. The molecule has 0 radical (unpaired) electrons. The number of rotatable bonds is 5. The molecule has 0 aliphatic heterocycles. The smallest absolute Gasteiger partial charge is 0.255 e. The molecule has 0 aliphatic rings. The van der Waals surface area contributed by atoms with Crippen molar-refractivity contribution in [3.8, 4) is 0 Å². The number of carbonyl (C=O) groups excluding carboxylic acids is 1. The van der Waals surface area contributed by atoms with Crippen molar-refractivity contribution in [3.05, 3.63) is 52.4 Å². The first-order valence-electron chi connectivity index (χ1n) is 9.33. The van der Waals surface area contributed by atoms with Gasteiger partial charge in [-0.3, -0.25) is 10.2 Å². The number of aromatic nitrogens is 3. The number of hydrogen-bond donors (Lipinski definition) is 4. The van der Waals surface area contributed by atoms with Crippen LogP contribution in [0, 0.1) is 10.8 Å². The lowest BCUT2D eigenvalue weighted by molar-refractivity contribution is 0.0911. The molecule has 1 aromatic carbocycles. The van der Waals surface area contributed by atoms with E-state index < -0.39 is 0 Å². The molecular formula is C21H25ClN6O. The zero-order chi connectivity index (χ0) is 21.3. The summed E-state index contributed by atoms with van der Waals surface area (Å²) in [4.78, 5) is 24.7. The maximum Gasteiger partial charge on any atom is 0.255 e. The zero-order valence-electron chi connectivity index (χ0n) is 17.1. The lowest BCUT2D eigenvalue weighted by atomic mass is 9.88. The van der Waals surface area contributed by atoms with E-state index in [1.165, 1.54) is 6.20 Å². The average molecular weight is 413 g/mol. The quantitative estimate of drug-likeness (QED) is 0.470. The van der Waals surface area contributed by atoms with Crippen molar-refractivity contribution < 1.29 is 4.79 Å². The van der Waals surface area contributed by atoms with Gasteiger partial charge in [0.2, 0.25) is 0 Å². The second-order valence-corrected chi connectivity index (χ2v) is 8.47. The Morgan fingerprint density at radius 2 is 2.00 bits per heavy atom. The Labute approximate surface area is 174 Å². The number of carbonyl (C=O) groups is 1. The van der Waals surface area contributed by atoms with Crippen LogP contribution in [0.5, 0.6) is 0 Å². The number of nitrogens with zero attached hydrogens (tertiary/aromatic N) is 2. The van der Waals surface area contributed by atoms with Crippen LogP contribution < -0.4 is 10.6 Å². The molecule has 2 heterocycles. The minimum absolute atomic E-state index is 0.0287. The molecule has 4 N–H and O–H groups in total. The van der Waals surface area contributed by atoms with Crippen LogP contribution in [0.1, 0.15) is 49.3 Å². The molecular weight excluding hydrogens is 388 g/mol. The summed E-state index contributed by atoms with van der Waals surface area (Å²) in [6.07, 6.45) is 3.11. The first-order chi connectivity index (χ1) is 13.6. The highest BCUT2D eigenvalue weighted by atomic mass is 35.5. The van der Waals surface area contributed by atoms with E-state index in [0.29, 0.717) is 33.0 Å². The molecule has 0 saturated carbocycles. The van der Waals surface area contributed by atoms with Gasteiger partial charge in [-0.15, -0.1) is 0 Å². The molecule has 2 aromatic heterocycles. The molecule has 0 saturated heterocycles. The third kappa shape index (κ3) is 4.24. The SMILES string of the molecule is CNc1ccc(Cl)cc1C(=N)c1cnc2[nH]cc(C(=O)N[C@@H](C)C(C)(C)C)c2n1. The molecule has 0 bridgehead atoms. The molecule has 8 heteroatoms.